The van der Waals surface area contributed by atoms with Gasteiger partial charge in [-0.3, -0.25) is 0 Å². The Morgan fingerprint density at radius 2 is 1.95 bits per heavy atom. The number of nitrogens with zero attached hydrogens (tertiary/aromatic N) is 2. The molecule has 0 aromatic carbocycles. The monoisotopic (exact) mass is 698 g/mol. The molecule has 1 amide bonds. The van der Waals surface area contributed by atoms with Crippen molar-refractivity contribution < 1.29 is 14.7 Å². The van der Waals surface area contributed by atoms with Gasteiger partial charge in [0.25, 0.3) is 0 Å². The quantitative estimate of drug-likeness (QED) is 0.420. The van der Waals surface area contributed by atoms with Crippen molar-refractivity contribution in [2.24, 2.45) is 5.41 Å². The van der Waals surface area contributed by atoms with E-state index in [0.29, 0.717) is 18.4 Å². The molecule has 2 atom stereocenters. The van der Waals surface area contributed by atoms with Gasteiger partial charge < -0.3 is 0 Å². The van der Waals surface area contributed by atoms with Gasteiger partial charge in [-0.25, -0.2) is 0 Å². The topological polar surface area (TPSA) is 60.9 Å². The van der Waals surface area contributed by atoms with Crippen LogP contribution >= 0.6 is 0 Å². The number of rotatable bonds is 6. The van der Waals surface area contributed by atoms with Crippen molar-refractivity contribution in [3.8, 4) is 0 Å². The SMILES string of the molecule is CN(CCCC(C)(C)C)C1CC(C(=O)O)N(C(=O)[CH]([Pb])[Pb])C1. The molecular weight excluding hydrogens is 671 g/mol. The zero-order chi connectivity index (χ0) is 17.1. The van der Waals surface area contributed by atoms with E-state index in [9.17, 15) is 14.7 Å². The van der Waals surface area contributed by atoms with E-state index >= 15 is 0 Å². The number of amides is 1. The maximum absolute atomic E-state index is 12.3. The van der Waals surface area contributed by atoms with Crippen LogP contribution < -0.4 is 0 Å². The van der Waals surface area contributed by atoms with E-state index in [-0.39, 0.29) is 13.0 Å². The van der Waals surface area contributed by atoms with Crippen LogP contribution in [-0.2, 0) is 9.59 Å². The molecule has 2 unspecified atom stereocenters. The first kappa shape index (κ1) is 20.8. The first-order valence-electron chi connectivity index (χ1n) is 7.68. The molecule has 1 aliphatic heterocycles. The van der Waals surface area contributed by atoms with Crippen molar-refractivity contribution in [2.75, 3.05) is 20.1 Å². The minimum atomic E-state index is -0.858. The summed E-state index contributed by atoms with van der Waals surface area (Å²) >= 11 is 1.65. The van der Waals surface area contributed by atoms with Crippen LogP contribution in [0.2, 0.25) is 1.04 Å². The molecule has 1 saturated heterocycles. The number of carboxylic acid groups (broad SMARTS) is 1. The summed E-state index contributed by atoms with van der Waals surface area (Å²) in [5.41, 5.74) is 0.328. The number of likely N-dealkylation sites (tertiary alicyclic amines) is 1. The van der Waals surface area contributed by atoms with E-state index in [0.717, 1.165) is 70.9 Å². The molecule has 0 aliphatic carbocycles. The maximum atomic E-state index is 12.3. The van der Waals surface area contributed by atoms with Crippen LogP contribution in [0.4, 0.5) is 0 Å². The van der Waals surface area contributed by atoms with Gasteiger partial charge in [0.1, 0.15) is 0 Å². The van der Waals surface area contributed by atoms with Gasteiger partial charge in [0.2, 0.25) is 0 Å². The minimum absolute atomic E-state index is 0.0660. The number of carbonyl (C=O) groups is 2. The number of carboxylic acids is 1. The van der Waals surface area contributed by atoms with Gasteiger partial charge in [0, 0.05) is 0 Å². The van der Waals surface area contributed by atoms with Crippen LogP contribution in [-0.4, -0.2) is 111 Å². The zero-order valence-electron chi connectivity index (χ0n) is 13.9. The third-order valence-electron chi connectivity index (χ3n) is 4.16. The molecule has 0 spiro atoms. The summed E-state index contributed by atoms with van der Waals surface area (Å²) in [6, 6.07) is -0.458. The first-order chi connectivity index (χ1) is 10.0. The molecular formula is C15H26N2O3Pb2. The Bertz CT molecular complexity index is 410. The van der Waals surface area contributed by atoms with Crippen molar-refractivity contribution >= 4 is 63.4 Å². The van der Waals surface area contributed by atoms with Crippen LogP contribution in [0.15, 0.2) is 0 Å². The van der Waals surface area contributed by atoms with Crippen LogP contribution in [0.25, 0.3) is 0 Å². The van der Waals surface area contributed by atoms with E-state index in [1.807, 2.05) is 0 Å². The number of hydrogen-bond acceptors (Lipinski definition) is 3. The molecule has 22 heavy (non-hydrogen) atoms. The fourth-order valence-corrected chi connectivity index (χ4v) is 4.11. The number of carbonyl (C=O) groups excluding carboxylic acids is 1. The van der Waals surface area contributed by atoms with Crippen molar-refractivity contribution in [3.63, 3.8) is 0 Å². The molecule has 5 nitrogen and oxygen atoms in total. The van der Waals surface area contributed by atoms with E-state index in [2.05, 4.69) is 32.7 Å². The fourth-order valence-electron chi connectivity index (χ4n) is 2.82. The van der Waals surface area contributed by atoms with Gasteiger partial charge in [-0.05, 0) is 0 Å². The van der Waals surface area contributed by atoms with Crippen LogP contribution in [0.1, 0.15) is 40.0 Å². The van der Waals surface area contributed by atoms with E-state index < -0.39 is 12.0 Å². The molecule has 6 radical (unpaired) electrons. The Morgan fingerprint density at radius 3 is 2.41 bits per heavy atom. The molecule has 0 saturated carbocycles. The molecule has 0 bridgehead atoms. The van der Waals surface area contributed by atoms with E-state index in [1.54, 1.807) is 4.90 Å². The second-order valence-electron chi connectivity index (χ2n) is 7.31. The van der Waals surface area contributed by atoms with Gasteiger partial charge in [0.05, 0.1) is 0 Å². The summed E-state index contributed by atoms with van der Waals surface area (Å²) in [5, 5.41) is 9.41. The third kappa shape index (κ3) is 6.33. The Balaban J connectivity index is 2.62. The third-order valence-corrected chi connectivity index (χ3v) is 6.08. The number of hydrogen-bond donors (Lipinski definition) is 1. The average Bonchev–Trinajstić information content (AvgIpc) is 2.81. The van der Waals surface area contributed by atoms with Crippen molar-refractivity contribution in [1.29, 1.82) is 0 Å². The van der Waals surface area contributed by atoms with Gasteiger partial charge in [-0.15, -0.1) is 0 Å². The summed E-state index contributed by atoms with van der Waals surface area (Å²) in [6.45, 7) is 8.24. The Labute approximate surface area is 165 Å². The van der Waals surface area contributed by atoms with Crippen molar-refractivity contribution in [2.45, 2.75) is 53.2 Å². The normalized spacial score (nSPS) is 22.6. The molecule has 1 rings (SSSR count). The molecule has 122 valence electrons. The summed E-state index contributed by atoms with van der Waals surface area (Å²) in [4.78, 5) is 27.6. The van der Waals surface area contributed by atoms with Crippen molar-refractivity contribution in [3.05, 3.63) is 0 Å². The fraction of sp³-hybridized carbons (Fsp3) is 0.867. The van der Waals surface area contributed by atoms with Crippen molar-refractivity contribution in [1.82, 2.24) is 9.80 Å². The van der Waals surface area contributed by atoms with Gasteiger partial charge in [0.15, 0.2) is 0 Å². The average molecular weight is 697 g/mol. The van der Waals surface area contributed by atoms with Gasteiger partial charge >= 0.3 is 167 Å². The summed E-state index contributed by atoms with van der Waals surface area (Å²) < 4.78 is 0.117. The van der Waals surface area contributed by atoms with Gasteiger partial charge in [-0.1, -0.05) is 0 Å². The Morgan fingerprint density at radius 1 is 1.36 bits per heavy atom. The molecule has 1 fully saturated rings. The molecule has 0 aromatic heterocycles. The van der Waals surface area contributed by atoms with Crippen LogP contribution in [0.3, 0.4) is 0 Å². The molecule has 1 N–H and O–H groups in total. The van der Waals surface area contributed by atoms with E-state index in [1.165, 1.54) is 0 Å². The Kier molecular flexibility index (Phi) is 8.25. The predicted molar refractivity (Wildman–Crippen MR) is 88.1 cm³/mol. The molecule has 0 aromatic rings. The molecule has 1 aliphatic rings. The molecule has 7 heteroatoms. The predicted octanol–water partition coefficient (Wildman–Crippen LogP) is 0.882. The second-order valence-corrected chi connectivity index (χ2v) is 20.5. The Hall–Kier alpha value is 0.744. The van der Waals surface area contributed by atoms with E-state index in [4.69, 9.17) is 0 Å². The standard InChI is InChI=1S/C15H26N2O3.2Pb/c1-11(18)17-10-12(9-13(17)14(19)20)16(5)8-6-7-15(2,3)4;;/h1,12-13H,6-10H2,2-5H3,(H,19,20);;. The number of likely N-dealkylation sites (N-methyl/N-ethyl adjacent to an activating group) is 1. The molecule has 1 heterocycles. The van der Waals surface area contributed by atoms with Crippen LogP contribution in [0, 0.1) is 5.41 Å². The van der Waals surface area contributed by atoms with Crippen LogP contribution in [0.5, 0.6) is 0 Å². The second kappa shape index (κ2) is 8.73. The summed E-state index contributed by atoms with van der Waals surface area (Å²) in [7, 11) is 2.05. The first-order valence-corrected chi connectivity index (χ1v) is 12.2. The number of aliphatic carboxylic acids is 1. The zero-order valence-corrected chi connectivity index (χ0v) is 21.7. The summed E-state index contributed by atoms with van der Waals surface area (Å²) in [5.74, 6) is -0.792. The summed E-state index contributed by atoms with van der Waals surface area (Å²) in [6.07, 6.45) is 2.81. The van der Waals surface area contributed by atoms with Gasteiger partial charge in [-0.2, -0.15) is 0 Å².